The van der Waals surface area contributed by atoms with Crippen LogP contribution in [0.5, 0.6) is 11.6 Å². The summed E-state index contributed by atoms with van der Waals surface area (Å²) >= 11 is 0. The van der Waals surface area contributed by atoms with Crippen LogP contribution in [-0.2, 0) is 4.79 Å². The van der Waals surface area contributed by atoms with E-state index in [9.17, 15) is 4.79 Å². The monoisotopic (exact) mass is 248 g/mol. The van der Waals surface area contributed by atoms with Crippen LogP contribution in [0.15, 0.2) is 18.3 Å². The van der Waals surface area contributed by atoms with Crippen LogP contribution in [0.4, 0.5) is 0 Å². The Labute approximate surface area is 105 Å². The zero-order valence-electron chi connectivity index (χ0n) is 10.1. The van der Waals surface area contributed by atoms with Gasteiger partial charge in [-0.05, 0) is 24.8 Å². The summed E-state index contributed by atoms with van der Waals surface area (Å²) in [5, 5.41) is 2.73. The summed E-state index contributed by atoms with van der Waals surface area (Å²) < 4.78 is 11.1. The molecule has 2 fully saturated rings. The summed E-state index contributed by atoms with van der Waals surface area (Å²) in [7, 11) is 0. The minimum absolute atomic E-state index is 0.0518. The molecule has 0 spiro atoms. The van der Waals surface area contributed by atoms with Gasteiger partial charge in [-0.3, -0.25) is 4.79 Å². The van der Waals surface area contributed by atoms with E-state index in [4.69, 9.17) is 9.47 Å². The molecular weight excluding hydrogens is 232 g/mol. The molecule has 1 atom stereocenters. The molecule has 1 saturated carbocycles. The Balaban J connectivity index is 1.54. The zero-order chi connectivity index (χ0) is 12.4. The number of carbonyl (C=O) groups is 1. The van der Waals surface area contributed by atoms with Gasteiger partial charge in [-0.1, -0.05) is 0 Å². The van der Waals surface area contributed by atoms with Crippen molar-refractivity contribution < 1.29 is 14.3 Å². The number of amides is 1. The van der Waals surface area contributed by atoms with Crippen molar-refractivity contribution in [3.8, 4) is 11.6 Å². The van der Waals surface area contributed by atoms with Gasteiger partial charge < -0.3 is 14.8 Å². The molecule has 96 valence electrons. The second kappa shape index (κ2) is 4.84. The fourth-order valence-electron chi connectivity index (χ4n) is 1.86. The summed E-state index contributed by atoms with van der Waals surface area (Å²) in [4.78, 5) is 15.5. The van der Waals surface area contributed by atoms with Crippen LogP contribution in [0.3, 0.4) is 0 Å². The standard InChI is InChI=1S/C13H16N2O3/c16-13-11(5-6-14-13)18-10-3-4-12(15-7-10)17-8-9-1-2-9/h3-4,7,9,11H,1-2,5-6,8H2,(H,14,16)/t11-/m0/s1. The van der Waals surface area contributed by atoms with Crippen LogP contribution in [-0.4, -0.2) is 30.1 Å². The van der Waals surface area contributed by atoms with Crippen molar-refractivity contribution in [1.82, 2.24) is 10.3 Å². The van der Waals surface area contributed by atoms with Crippen LogP contribution < -0.4 is 14.8 Å². The molecule has 5 nitrogen and oxygen atoms in total. The molecule has 1 aromatic rings. The lowest BCUT2D eigenvalue weighted by Gasteiger charge is -2.11. The molecule has 1 aromatic heterocycles. The molecule has 0 bridgehead atoms. The highest BCUT2D eigenvalue weighted by Gasteiger charge is 2.26. The third-order valence-electron chi connectivity index (χ3n) is 3.15. The number of carbonyl (C=O) groups excluding carboxylic acids is 1. The number of rotatable bonds is 5. The summed E-state index contributed by atoms with van der Waals surface area (Å²) in [6.07, 6.45) is 4.45. The van der Waals surface area contributed by atoms with E-state index in [0.717, 1.165) is 6.61 Å². The van der Waals surface area contributed by atoms with E-state index < -0.39 is 0 Å². The maximum Gasteiger partial charge on any atom is 0.261 e. The molecule has 5 heteroatoms. The number of nitrogens with zero attached hydrogens (tertiary/aromatic N) is 1. The van der Waals surface area contributed by atoms with Gasteiger partial charge in [-0.15, -0.1) is 0 Å². The number of hydrogen-bond acceptors (Lipinski definition) is 4. The van der Waals surface area contributed by atoms with E-state index in [-0.39, 0.29) is 12.0 Å². The average molecular weight is 248 g/mol. The van der Waals surface area contributed by atoms with E-state index in [2.05, 4.69) is 10.3 Å². The Morgan fingerprint density at radius 3 is 2.83 bits per heavy atom. The first-order valence-electron chi connectivity index (χ1n) is 6.34. The SMILES string of the molecule is O=C1NCC[C@@H]1Oc1ccc(OCC2CC2)nc1. The van der Waals surface area contributed by atoms with Crippen molar-refractivity contribution in [1.29, 1.82) is 0 Å². The molecule has 18 heavy (non-hydrogen) atoms. The topological polar surface area (TPSA) is 60.5 Å². The van der Waals surface area contributed by atoms with Gasteiger partial charge in [-0.2, -0.15) is 0 Å². The first-order valence-corrected chi connectivity index (χ1v) is 6.34. The van der Waals surface area contributed by atoms with Crippen LogP contribution in [0, 0.1) is 5.92 Å². The average Bonchev–Trinajstić information content (AvgIpc) is 3.13. The normalized spacial score (nSPS) is 22.7. The van der Waals surface area contributed by atoms with Gasteiger partial charge in [0.15, 0.2) is 6.10 Å². The largest absolute Gasteiger partial charge is 0.479 e. The third-order valence-corrected chi connectivity index (χ3v) is 3.15. The summed E-state index contributed by atoms with van der Waals surface area (Å²) in [5.74, 6) is 1.88. The maximum atomic E-state index is 11.3. The Morgan fingerprint density at radius 2 is 2.22 bits per heavy atom. The summed E-state index contributed by atoms with van der Waals surface area (Å²) in [5.41, 5.74) is 0. The van der Waals surface area contributed by atoms with Crippen LogP contribution in [0.2, 0.25) is 0 Å². The number of hydrogen-bond donors (Lipinski definition) is 1. The second-order valence-corrected chi connectivity index (χ2v) is 4.77. The minimum atomic E-state index is -0.384. The highest BCUT2D eigenvalue weighted by Crippen LogP contribution is 2.29. The van der Waals surface area contributed by atoms with E-state index in [1.165, 1.54) is 12.8 Å². The van der Waals surface area contributed by atoms with Gasteiger partial charge in [0.25, 0.3) is 5.91 Å². The number of pyridine rings is 1. The predicted octanol–water partition coefficient (Wildman–Crippen LogP) is 1.14. The van der Waals surface area contributed by atoms with E-state index in [1.54, 1.807) is 18.3 Å². The lowest BCUT2D eigenvalue weighted by molar-refractivity contribution is -0.124. The third kappa shape index (κ3) is 2.72. The Morgan fingerprint density at radius 1 is 1.33 bits per heavy atom. The molecule has 2 heterocycles. The molecule has 1 amide bonds. The molecular formula is C13H16N2O3. The Hall–Kier alpha value is -1.78. The predicted molar refractivity (Wildman–Crippen MR) is 64.5 cm³/mol. The molecule has 3 rings (SSSR count). The minimum Gasteiger partial charge on any atom is -0.479 e. The van der Waals surface area contributed by atoms with Crippen molar-refractivity contribution in [2.24, 2.45) is 5.92 Å². The number of nitrogens with one attached hydrogen (secondary N) is 1. The molecule has 1 N–H and O–H groups in total. The Bertz CT molecular complexity index is 428. The molecule has 2 aliphatic rings. The van der Waals surface area contributed by atoms with Gasteiger partial charge in [-0.25, -0.2) is 4.98 Å². The smallest absolute Gasteiger partial charge is 0.261 e. The van der Waals surface area contributed by atoms with Crippen molar-refractivity contribution >= 4 is 5.91 Å². The van der Waals surface area contributed by atoms with Crippen LogP contribution in [0.25, 0.3) is 0 Å². The summed E-state index contributed by atoms with van der Waals surface area (Å²) in [6.45, 7) is 1.43. The van der Waals surface area contributed by atoms with E-state index in [1.807, 2.05) is 0 Å². The Kier molecular flexibility index (Phi) is 3.04. The summed E-state index contributed by atoms with van der Waals surface area (Å²) in [6, 6.07) is 3.57. The van der Waals surface area contributed by atoms with Gasteiger partial charge in [0, 0.05) is 19.0 Å². The van der Waals surface area contributed by atoms with Crippen molar-refractivity contribution in [2.75, 3.05) is 13.2 Å². The molecule has 0 unspecified atom stereocenters. The molecule has 1 saturated heterocycles. The fraction of sp³-hybridized carbons (Fsp3) is 0.538. The lowest BCUT2D eigenvalue weighted by atomic mass is 10.3. The molecule has 0 radical (unpaired) electrons. The molecule has 0 aromatic carbocycles. The van der Waals surface area contributed by atoms with Crippen LogP contribution >= 0.6 is 0 Å². The number of ether oxygens (including phenoxy) is 2. The van der Waals surface area contributed by atoms with E-state index >= 15 is 0 Å². The maximum absolute atomic E-state index is 11.3. The highest BCUT2D eigenvalue weighted by atomic mass is 16.5. The zero-order valence-corrected chi connectivity index (χ0v) is 10.1. The van der Waals surface area contributed by atoms with E-state index in [0.29, 0.717) is 30.5 Å². The first-order chi connectivity index (χ1) is 8.81. The fourth-order valence-corrected chi connectivity index (χ4v) is 1.86. The van der Waals surface area contributed by atoms with Gasteiger partial charge in [0.2, 0.25) is 5.88 Å². The second-order valence-electron chi connectivity index (χ2n) is 4.77. The van der Waals surface area contributed by atoms with Gasteiger partial charge in [0.05, 0.1) is 12.8 Å². The molecule has 1 aliphatic carbocycles. The van der Waals surface area contributed by atoms with Gasteiger partial charge >= 0.3 is 0 Å². The van der Waals surface area contributed by atoms with Crippen LogP contribution in [0.1, 0.15) is 19.3 Å². The van der Waals surface area contributed by atoms with Crippen molar-refractivity contribution in [2.45, 2.75) is 25.4 Å². The first kappa shape index (κ1) is 11.3. The highest BCUT2D eigenvalue weighted by molar-refractivity contribution is 5.83. The lowest BCUT2D eigenvalue weighted by Crippen LogP contribution is -2.27. The van der Waals surface area contributed by atoms with Crippen molar-refractivity contribution in [3.63, 3.8) is 0 Å². The molecule has 1 aliphatic heterocycles. The van der Waals surface area contributed by atoms with Gasteiger partial charge in [0.1, 0.15) is 5.75 Å². The number of aromatic nitrogens is 1. The van der Waals surface area contributed by atoms with Crippen molar-refractivity contribution in [3.05, 3.63) is 18.3 Å². The quantitative estimate of drug-likeness (QED) is 0.848.